The number of aryl methyl sites for hydroxylation is 1. The van der Waals surface area contributed by atoms with E-state index in [1.807, 2.05) is 36.4 Å². The number of ether oxygens (including phenoxy) is 1. The smallest absolute Gasteiger partial charge is 0.169 e. The Kier molecular flexibility index (Phi) is 5.51. The molecule has 2 aromatic carbocycles. The fourth-order valence-electron chi connectivity index (χ4n) is 2.46. The van der Waals surface area contributed by atoms with Gasteiger partial charge in [0.15, 0.2) is 6.23 Å². The number of halogens is 1. The minimum atomic E-state index is -0.0545. The van der Waals surface area contributed by atoms with Crippen molar-refractivity contribution in [2.45, 2.75) is 33.4 Å². The van der Waals surface area contributed by atoms with Crippen LogP contribution in [-0.4, -0.2) is 12.8 Å². The Bertz CT molecular complexity index is 585. The van der Waals surface area contributed by atoms with Crippen molar-refractivity contribution in [1.82, 2.24) is 0 Å². The summed E-state index contributed by atoms with van der Waals surface area (Å²) in [6, 6.07) is 16.1. The summed E-state index contributed by atoms with van der Waals surface area (Å²) in [4.78, 5) is 2.19. The predicted octanol–water partition coefficient (Wildman–Crippen LogP) is 5.15. The zero-order chi connectivity index (χ0) is 15.2. The number of nitrogens with zero attached hydrogens (tertiary/aromatic N) is 1. The summed E-state index contributed by atoms with van der Waals surface area (Å²) in [6.45, 7) is 7.18. The highest BCUT2D eigenvalue weighted by atomic mass is 35.5. The van der Waals surface area contributed by atoms with Crippen LogP contribution in [0.4, 0.5) is 5.69 Å². The molecule has 0 aliphatic heterocycles. The molecule has 0 saturated carbocycles. The number of anilines is 1. The van der Waals surface area contributed by atoms with Gasteiger partial charge in [0.1, 0.15) is 5.75 Å². The highest BCUT2D eigenvalue weighted by molar-refractivity contribution is 6.30. The zero-order valence-electron chi connectivity index (χ0n) is 12.8. The molecule has 0 aliphatic carbocycles. The molecule has 0 fully saturated rings. The van der Waals surface area contributed by atoms with Crippen LogP contribution < -0.4 is 9.64 Å². The summed E-state index contributed by atoms with van der Waals surface area (Å²) in [5.74, 6) is 0.952. The van der Waals surface area contributed by atoms with Gasteiger partial charge in [-0.3, -0.25) is 0 Å². The van der Waals surface area contributed by atoms with E-state index in [-0.39, 0.29) is 6.23 Å². The van der Waals surface area contributed by atoms with E-state index in [1.165, 1.54) is 5.56 Å². The molecular weight excluding hydrogens is 282 g/mol. The third kappa shape index (κ3) is 3.92. The fourth-order valence-corrected chi connectivity index (χ4v) is 2.65. The molecule has 0 aromatic heterocycles. The molecule has 1 atom stereocenters. The Balaban J connectivity index is 2.19. The van der Waals surface area contributed by atoms with Crippen LogP contribution in [0.5, 0.6) is 5.75 Å². The quantitative estimate of drug-likeness (QED) is 0.684. The first-order chi connectivity index (χ1) is 10.2. The van der Waals surface area contributed by atoms with E-state index < -0.39 is 0 Å². The van der Waals surface area contributed by atoms with Crippen LogP contribution in [0.3, 0.4) is 0 Å². The Morgan fingerprint density at radius 3 is 2.52 bits per heavy atom. The van der Waals surface area contributed by atoms with E-state index in [9.17, 15) is 0 Å². The maximum absolute atomic E-state index is 6.17. The fraction of sp³-hybridized carbons (Fsp3) is 0.333. The van der Waals surface area contributed by atoms with Crippen LogP contribution in [0.25, 0.3) is 0 Å². The summed E-state index contributed by atoms with van der Waals surface area (Å²) >= 11 is 6.09. The first-order valence-corrected chi connectivity index (χ1v) is 7.80. The summed E-state index contributed by atoms with van der Waals surface area (Å²) in [5, 5.41) is 0.743. The summed E-state index contributed by atoms with van der Waals surface area (Å²) < 4.78 is 6.17. The number of rotatable bonds is 6. The predicted molar refractivity (Wildman–Crippen MR) is 90.4 cm³/mol. The molecule has 0 heterocycles. The molecule has 0 radical (unpaired) electrons. The molecule has 0 aliphatic rings. The Morgan fingerprint density at radius 1 is 1.10 bits per heavy atom. The molecule has 0 N–H and O–H groups in total. The molecule has 2 aromatic rings. The third-order valence-electron chi connectivity index (χ3n) is 3.57. The van der Waals surface area contributed by atoms with E-state index in [1.54, 1.807) is 0 Å². The number of para-hydroxylation sites is 1. The lowest BCUT2D eigenvalue weighted by atomic mass is 10.1. The molecule has 0 bridgehead atoms. The van der Waals surface area contributed by atoms with Gasteiger partial charge in [-0.1, -0.05) is 42.8 Å². The van der Waals surface area contributed by atoms with E-state index in [2.05, 4.69) is 37.8 Å². The Hall–Kier alpha value is -1.67. The first-order valence-electron chi connectivity index (χ1n) is 7.42. The van der Waals surface area contributed by atoms with E-state index in [4.69, 9.17) is 16.3 Å². The van der Waals surface area contributed by atoms with Gasteiger partial charge < -0.3 is 9.64 Å². The largest absolute Gasteiger partial charge is 0.471 e. The van der Waals surface area contributed by atoms with Crippen LogP contribution in [0.2, 0.25) is 5.02 Å². The van der Waals surface area contributed by atoms with Gasteiger partial charge in [-0.25, -0.2) is 0 Å². The van der Waals surface area contributed by atoms with Crippen LogP contribution in [0, 0.1) is 0 Å². The minimum absolute atomic E-state index is 0.0545. The lowest BCUT2D eigenvalue weighted by molar-refractivity contribution is 0.214. The number of hydrogen-bond acceptors (Lipinski definition) is 2. The van der Waals surface area contributed by atoms with Gasteiger partial charge in [-0.15, -0.1) is 0 Å². The minimum Gasteiger partial charge on any atom is -0.471 e. The zero-order valence-corrected chi connectivity index (χ0v) is 13.6. The van der Waals surface area contributed by atoms with E-state index >= 15 is 0 Å². The highest BCUT2D eigenvalue weighted by Crippen LogP contribution is 2.25. The standard InChI is InChI=1S/C18H22ClNO/c1-4-15-9-6-7-12-18(15)21-14(3)20(5-2)17-11-8-10-16(19)13-17/h6-14H,4-5H2,1-3H3. The normalized spacial score (nSPS) is 12.0. The maximum Gasteiger partial charge on any atom is 0.169 e. The number of benzene rings is 2. The second kappa shape index (κ2) is 7.37. The van der Waals surface area contributed by atoms with Crippen molar-refractivity contribution in [2.24, 2.45) is 0 Å². The van der Waals surface area contributed by atoms with Crippen LogP contribution >= 0.6 is 11.6 Å². The topological polar surface area (TPSA) is 12.5 Å². The molecule has 21 heavy (non-hydrogen) atoms. The monoisotopic (exact) mass is 303 g/mol. The van der Waals surface area contributed by atoms with Gasteiger partial charge in [0, 0.05) is 17.3 Å². The highest BCUT2D eigenvalue weighted by Gasteiger charge is 2.15. The molecule has 112 valence electrons. The van der Waals surface area contributed by atoms with Crippen molar-refractivity contribution in [1.29, 1.82) is 0 Å². The molecule has 0 amide bonds. The average Bonchev–Trinajstić information content (AvgIpc) is 2.48. The van der Waals surface area contributed by atoms with Gasteiger partial charge in [-0.05, 0) is 50.1 Å². The molecule has 0 saturated heterocycles. The summed E-state index contributed by atoms with van der Waals surface area (Å²) in [6.07, 6.45) is 0.910. The molecule has 3 heteroatoms. The van der Waals surface area contributed by atoms with Gasteiger partial charge in [-0.2, -0.15) is 0 Å². The first kappa shape index (κ1) is 15.7. The Morgan fingerprint density at radius 2 is 1.86 bits per heavy atom. The van der Waals surface area contributed by atoms with Gasteiger partial charge in [0.2, 0.25) is 0 Å². The average molecular weight is 304 g/mol. The molecular formula is C18H22ClNO. The third-order valence-corrected chi connectivity index (χ3v) is 3.81. The molecule has 0 spiro atoms. The van der Waals surface area contributed by atoms with Crippen LogP contribution in [0.1, 0.15) is 26.3 Å². The SMILES string of the molecule is CCc1ccccc1OC(C)N(CC)c1cccc(Cl)c1. The van der Waals surface area contributed by atoms with Crippen molar-refractivity contribution in [3.05, 3.63) is 59.1 Å². The Labute approximate surface area is 132 Å². The maximum atomic E-state index is 6.17. The van der Waals surface area contributed by atoms with Crippen molar-refractivity contribution in [2.75, 3.05) is 11.4 Å². The molecule has 2 nitrogen and oxygen atoms in total. The summed E-state index contributed by atoms with van der Waals surface area (Å²) in [7, 11) is 0. The van der Waals surface area contributed by atoms with Crippen molar-refractivity contribution >= 4 is 17.3 Å². The lowest BCUT2D eigenvalue weighted by Crippen LogP contribution is -2.37. The lowest BCUT2D eigenvalue weighted by Gasteiger charge is -2.31. The second-order valence-electron chi connectivity index (χ2n) is 4.94. The second-order valence-corrected chi connectivity index (χ2v) is 5.38. The summed E-state index contributed by atoms with van der Waals surface area (Å²) in [5.41, 5.74) is 2.30. The van der Waals surface area contributed by atoms with Crippen LogP contribution in [0.15, 0.2) is 48.5 Å². The molecule has 1 unspecified atom stereocenters. The van der Waals surface area contributed by atoms with Gasteiger partial charge in [0.25, 0.3) is 0 Å². The number of hydrogen-bond donors (Lipinski definition) is 0. The van der Waals surface area contributed by atoms with E-state index in [0.717, 1.165) is 29.4 Å². The van der Waals surface area contributed by atoms with Crippen molar-refractivity contribution in [3.63, 3.8) is 0 Å². The van der Waals surface area contributed by atoms with Gasteiger partial charge >= 0.3 is 0 Å². The van der Waals surface area contributed by atoms with Crippen molar-refractivity contribution < 1.29 is 4.74 Å². The van der Waals surface area contributed by atoms with Gasteiger partial charge in [0.05, 0.1) is 0 Å². The van der Waals surface area contributed by atoms with Crippen LogP contribution in [-0.2, 0) is 6.42 Å². The molecule has 2 rings (SSSR count). The van der Waals surface area contributed by atoms with Crippen molar-refractivity contribution in [3.8, 4) is 5.75 Å². The van der Waals surface area contributed by atoms with E-state index in [0.29, 0.717) is 0 Å².